The van der Waals surface area contributed by atoms with Crippen molar-refractivity contribution in [3.63, 3.8) is 0 Å². The molecule has 0 saturated heterocycles. The highest BCUT2D eigenvalue weighted by molar-refractivity contribution is 6.31. The van der Waals surface area contributed by atoms with Crippen LogP contribution in [-0.4, -0.2) is 11.5 Å². The first-order valence-corrected chi connectivity index (χ1v) is 4.09. The van der Waals surface area contributed by atoms with Gasteiger partial charge in [-0.25, -0.2) is 9.37 Å². The molecular formula is C8H10ClFN2. The Labute approximate surface area is 75.8 Å². The van der Waals surface area contributed by atoms with Gasteiger partial charge in [0.25, 0.3) is 0 Å². The molecule has 0 aromatic carbocycles. The van der Waals surface area contributed by atoms with Crippen LogP contribution in [0, 0.1) is 12.7 Å². The summed E-state index contributed by atoms with van der Waals surface area (Å²) in [6.45, 7) is 4.26. The molecule has 4 heteroatoms. The number of rotatable bonds is 2. The fourth-order valence-corrected chi connectivity index (χ4v) is 0.988. The molecule has 0 aliphatic heterocycles. The smallest absolute Gasteiger partial charge is 0.166 e. The van der Waals surface area contributed by atoms with Gasteiger partial charge in [-0.3, -0.25) is 0 Å². The summed E-state index contributed by atoms with van der Waals surface area (Å²) in [4.78, 5) is 3.94. The summed E-state index contributed by atoms with van der Waals surface area (Å²) < 4.78 is 13.0. The van der Waals surface area contributed by atoms with Crippen molar-refractivity contribution in [1.82, 2.24) is 4.98 Å². The van der Waals surface area contributed by atoms with Crippen LogP contribution in [0.15, 0.2) is 6.07 Å². The summed E-state index contributed by atoms with van der Waals surface area (Å²) in [7, 11) is 0. The monoisotopic (exact) mass is 188 g/mol. The molecule has 0 unspecified atom stereocenters. The fraction of sp³-hybridized carbons (Fsp3) is 0.375. The molecule has 1 heterocycles. The van der Waals surface area contributed by atoms with Crippen molar-refractivity contribution in [1.29, 1.82) is 0 Å². The molecular weight excluding hydrogens is 179 g/mol. The van der Waals surface area contributed by atoms with Crippen molar-refractivity contribution >= 4 is 17.4 Å². The van der Waals surface area contributed by atoms with E-state index >= 15 is 0 Å². The maximum absolute atomic E-state index is 13.0. The quantitative estimate of drug-likeness (QED) is 0.772. The predicted octanol–water partition coefficient (Wildman–Crippen LogP) is 2.61. The Kier molecular flexibility index (Phi) is 2.87. The highest BCUT2D eigenvalue weighted by atomic mass is 35.5. The van der Waals surface area contributed by atoms with E-state index in [4.69, 9.17) is 11.6 Å². The van der Waals surface area contributed by atoms with Crippen LogP contribution in [0.5, 0.6) is 0 Å². The topological polar surface area (TPSA) is 24.9 Å². The van der Waals surface area contributed by atoms with Gasteiger partial charge in [-0.05, 0) is 19.9 Å². The lowest BCUT2D eigenvalue weighted by Gasteiger charge is -2.05. The summed E-state index contributed by atoms with van der Waals surface area (Å²) >= 11 is 5.66. The first-order valence-electron chi connectivity index (χ1n) is 3.71. The molecule has 1 N–H and O–H groups in total. The number of hydrogen-bond donors (Lipinski definition) is 1. The molecule has 12 heavy (non-hydrogen) atoms. The van der Waals surface area contributed by atoms with Crippen molar-refractivity contribution in [2.24, 2.45) is 0 Å². The van der Waals surface area contributed by atoms with Gasteiger partial charge in [0.05, 0.1) is 10.7 Å². The summed E-state index contributed by atoms with van der Waals surface area (Å²) in [6.07, 6.45) is 0. The van der Waals surface area contributed by atoms with Gasteiger partial charge in [0, 0.05) is 6.54 Å². The normalized spacial score (nSPS) is 10.0. The van der Waals surface area contributed by atoms with Gasteiger partial charge in [-0.15, -0.1) is 0 Å². The second-order valence-corrected chi connectivity index (χ2v) is 2.82. The Morgan fingerprint density at radius 2 is 2.33 bits per heavy atom. The van der Waals surface area contributed by atoms with Crippen LogP contribution in [-0.2, 0) is 0 Å². The highest BCUT2D eigenvalue weighted by Gasteiger charge is 2.05. The van der Waals surface area contributed by atoms with Crippen LogP contribution < -0.4 is 5.32 Å². The van der Waals surface area contributed by atoms with Crippen LogP contribution in [0.4, 0.5) is 10.2 Å². The molecule has 0 spiro atoms. The van der Waals surface area contributed by atoms with Gasteiger partial charge >= 0.3 is 0 Å². The number of pyridine rings is 1. The third-order valence-corrected chi connectivity index (χ3v) is 1.83. The standard InChI is InChI=1S/C8H10ClFN2/c1-3-11-8-7(10)4-6(9)5(2)12-8/h4H,3H2,1-2H3,(H,11,12). The number of halogens is 2. The van der Waals surface area contributed by atoms with Crippen molar-refractivity contribution in [2.45, 2.75) is 13.8 Å². The number of nitrogens with one attached hydrogen (secondary N) is 1. The Morgan fingerprint density at radius 3 is 2.92 bits per heavy atom. The minimum Gasteiger partial charge on any atom is -0.368 e. The molecule has 66 valence electrons. The molecule has 2 nitrogen and oxygen atoms in total. The zero-order chi connectivity index (χ0) is 9.14. The van der Waals surface area contributed by atoms with Crippen molar-refractivity contribution in [3.05, 3.63) is 22.6 Å². The van der Waals surface area contributed by atoms with Crippen LogP contribution in [0.1, 0.15) is 12.6 Å². The van der Waals surface area contributed by atoms with Gasteiger partial charge in [0.1, 0.15) is 0 Å². The summed E-state index contributed by atoms with van der Waals surface area (Å²) in [5.41, 5.74) is 0.633. The fourth-order valence-electron chi connectivity index (χ4n) is 0.850. The third-order valence-electron chi connectivity index (χ3n) is 1.45. The third kappa shape index (κ3) is 1.85. The summed E-state index contributed by atoms with van der Waals surface area (Å²) in [6, 6.07) is 1.27. The molecule has 0 radical (unpaired) electrons. The first-order chi connectivity index (χ1) is 5.65. The van der Waals surface area contributed by atoms with E-state index in [1.807, 2.05) is 6.92 Å². The van der Waals surface area contributed by atoms with Crippen molar-refractivity contribution in [2.75, 3.05) is 11.9 Å². The van der Waals surface area contributed by atoms with Crippen LogP contribution in [0.3, 0.4) is 0 Å². The Bertz CT molecular complexity index is 289. The van der Waals surface area contributed by atoms with Gasteiger partial charge in [-0.2, -0.15) is 0 Å². The van der Waals surface area contributed by atoms with Crippen LogP contribution in [0.25, 0.3) is 0 Å². The molecule has 0 fully saturated rings. The lowest BCUT2D eigenvalue weighted by molar-refractivity contribution is 0.624. The second kappa shape index (κ2) is 3.72. The Morgan fingerprint density at radius 1 is 1.67 bits per heavy atom. The lowest BCUT2D eigenvalue weighted by atomic mass is 10.3. The zero-order valence-electron chi connectivity index (χ0n) is 6.99. The van der Waals surface area contributed by atoms with E-state index in [1.54, 1.807) is 6.92 Å². The maximum atomic E-state index is 13.0. The molecule has 0 aliphatic carbocycles. The average Bonchev–Trinajstić information content (AvgIpc) is 2.01. The number of aromatic nitrogens is 1. The van der Waals surface area contributed by atoms with E-state index in [9.17, 15) is 4.39 Å². The molecule has 1 aromatic rings. The van der Waals surface area contributed by atoms with E-state index in [-0.39, 0.29) is 5.82 Å². The lowest BCUT2D eigenvalue weighted by Crippen LogP contribution is -2.03. The summed E-state index contributed by atoms with van der Waals surface area (Å²) in [5, 5.41) is 3.15. The Hall–Kier alpha value is -0.830. The van der Waals surface area contributed by atoms with Crippen molar-refractivity contribution < 1.29 is 4.39 Å². The predicted molar refractivity (Wildman–Crippen MR) is 48.1 cm³/mol. The van der Waals surface area contributed by atoms with Gasteiger partial charge in [-0.1, -0.05) is 11.6 Å². The molecule has 0 aliphatic rings. The van der Waals surface area contributed by atoms with Crippen LogP contribution in [0.2, 0.25) is 5.02 Å². The zero-order valence-corrected chi connectivity index (χ0v) is 7.74. The number of aryl methyl sites for hydroxylation is 1. The van der Waals surface area contributed by atoms with E-state index in [1.165, 1.54) is 6.07 Å². The number of nitrogens with zero attached hydrogens (tertiary/aromatic N) is 1. The Balaban J connectivity index is 3.05. The molecule has 0 amide bonds. The second-order valence-electron chi connectivity index (χ2n) is 2.42. The number of anilines is 1. The van der Waals surface area contributed by atoms with E-state index in [2.05, 4.69) is 10.3 Å². The van der Waals surface area contributed by atoms with E-state index in [0.717, 1.165) is 0 Å². The SMILES string of the molecule is CCNc1nc(C)c(Cl)cc1F. The van der Waals surface area contributed by atoms with Gasteiger partial charge in [0.15, 0.2) is 11.6 Å². The molecule has 0 atom stereocenters. The minimum atomic E-state index is -0.410. The van der Waals surface area contributed by atoms with Gasteiger partial charge < -0.3 is 5.32 Å². The highest BCUT2D eigenvalue weighted by Crippen LogP contribution is 2.19. The van der Waals surface area contributed by atoms with Crippen LogP contribution >= 0.6 is 11.6 Å². The average molecular weight is 189 g/mol. The molecule has 0 bridgehead atoms. The molecule has 0 saturated carbocycles. The number of hydrogen-bond acceptors (Lipinski definition) is 2. The minimum absolute atomic E-state index is 0.263. The van der Waals surface area contributed by atoms with E-state index < -0.39 is 5.82 Å². The van der Waals surface area contributed by atoms with Crippen molar-refractivity contribution in [3.8, 4) is 0 Å². The molecule has 1 aromatic heterocycles. The summed E-state index contributed by atoms with van der Waals surface area (Å²) in [5.74, 6) is -0.146. The largest absolute Gasteiger partial charge is 0.368 e. The van der Waals surface area contributed by atoms with Gasteiger partial charge in [0.2, 0.25) is 0 Å². The molecule has 1 rings (SSSR count). The maximum Gasteiger partial charge on any atom is 0.166 e. The van der Waals surface area contributed by atoms with E-state index in [0.29, 0.717) is 17.3 Å². The first kappa shape index (κ1) is 9.26.